The number of aromatic nitrogens is 2. The minimum atomic E-state index is -0.0798. The van der Waals surface area contributed by atoms with E-state index in [1.807, 2.05) is 6.07 Å². The summed E-state index contributed by atoms with van der Waals surface area (Å²) in [5.41, 5.74) is 3.19. The fourth-order valence-corrected chi connectivity index (χ4v) is 2.61. The molecule has 1 aromatic carbocycles. The maximum absolute atomic E-state index is 12.0. The van der Waals surface area contributed by atoms with E-state index < -0.39 is 0 Å². The SMILES string of the molecule is O=C1Cc2cnc(NC3CC3)nc2-c2ccc(Cl)cc2N1. The first kappa shape index (κ1) is 12.6. The van der Waals surface area contributed by atoms with Gasteiger partial charge < -0.3 is 10.6 Å². The molecule has 2 aromatic rings. The van der Waals surface area contributed by atoms with E-state index in [4.69, 9.17) is 11.6 Å². The van der Waals surface area contributed by atoms with Gasteiger partial charge in [0.2, 0.25) is 11.9 Å². The largest absolute Gasteiger partial charge is 0.351 e. The summed E-state index contributed by atoms with van der Waals surface area (Å²) in [5, 5.41) is 6.74. The summed E-state index contributed by atoms with van der Waals surface area (Å²) in [4.78, 5) is 20.9. The molecule has 4 rings (SSSR count). The number of fused-ring (bicyclic) bond motifs is 3. The van der Waals surface area contributed by atoms with Crippen LogP contribution in [0.3, 0.4) is 0 Å². The third kappa shape index (κ3) is 2.45. The third-order valence-electron chi connectivity index (χ3n) is 3.64. The summed E-state index contributed by atoms with van der Waals surface area (Å²) >= 11 is 6.02. The van der Waals surface area contributed by atoms with E-state index in [9.17, 15) is 4.79 Å². The lowest BCUT2D eigenvalue weighted by atomic mass is 10.1. The molecule has 1 aromatic heterocycles. The number of hydrogen-bond donors (Lipinski definition) is 2. The molecule has 2 heterocycles. The van der Waals surface area contributed by atoms with E-state index in [-0.39, 0.29) is 12.3 Å². The molecule has 2 aliphatic rings. The number of nitrogens with one attached hydrogen (secondary N) is 2. The minimum Gasteiger partial charge on any atom is -0.351 e. The molecule has 0 bridgehead atoms. The molecule has 106 valence electrons. The number of anilines is 2. The molecule has 0 radical (unpaired) electrons. The second kappa shape index (κ2) is 4.70. The van der Waals surface area contributed by atoms with Crippen LogP contribution in [0.1, 0.15) is 18.4 Å². The molecule has 1 aliphatic heterocycles. The average molecular weight is 301 g/mol. The maximum Gasteiger partial charge on any atom is 0.228 e. The average Bonchev–Trinajstić information content (AvgIpc) is 3.25. The van der Waals surface area contributed by atoms with Gasteiger partial charge >= 0.3 is 0 Å². The highest BCUT2D eigenvalue weighted by Crippen LogP contribution is 2.35. The molecular weight excluding hydrogens is 288 g/mol. The Morgan fingerprint density at radius 1 is 1.33 bits per heavy atom. The van der Waals surface area contributed by atoms with Gasteiger partial charge in [0, 0.05) is 28.4 Å². The summed E-state index contributed by atoms with van der Waals surface area (Å²) in [6.07, 6.45) is 4.32. The fraction of sp³-hybridized carbons (Fsp3) is 0.267. The Bertz CT molecular complexity index is 742. The van der Waals surface area contributed by atoms with Crippen LogP contribution in [0.25, 0.3) is 11.3 Å². The van der Waals surface area contributed by atoms with Crippen molar-refractivity contribution in [3.63, 3.8) is 0 Å². The Kier molecular flexibility index (Phi) is 2.82. The zero-order chi connectivity index (χ0) is 14.4. The van der Waals surface area contributed by atoms with Crippen molar-refractivity contribution in [1.82, 2.24) is 9.97 Å². The number of hydrogen-bond acceptors (Lipinski definition) is 4. The van der Waals surface area contributed by atoms with Gasteiger partial charge in [0.05, 0.1) is 17.8 Å². The highest BCUT2D eigenvalue weighted by molar-refractivity contribution is 6.31. The highest BCUT2D eigenvalue weighted by Gasteiger charge is 2.24. The topological polar surface area (TPSA) is 66.9 Å². The standard InChI is InChI=1S/C15H13ClN4O/c16-9-1-4-11-12(6-9)19-13(21)5-8-7-17-15(20-14(8)11)18-10-2-3-10/h1,4,6-7,10H,2-3,5H2,(H,19,21)(H,17,18,20). The van der Waals surface area contributed by atoms with Crippen LogP contribution in [0.15, 0.2) is 24.4 Å². The monoisotopic (exact) mass is 300 g/mol. The molecule has 6 heteroatoms. The lowest BCUT2D eigenvalue weighted by Gasteiger charge is -2.10. The number of benzene rings is 1. The van der Waals surface area contributed by atoms with Gasteiger partial charge in [0.15, 0.2) is 0 Å². The van der Waals surface area contributed by atoms with Crippen molar-refractivity contribution in [3.8, 4) is 11.3 Å². The quantitative estimate of drug-likeness (QED) is 0.895. The van der Waals surface area contributed by atoms with Gasteiger partial charge in [-0.15, -0.1) is 0 Å². The van der Waals surface area contributed by atoms with Gasteiger partial charge in [0.25, 0.3) is 0 Å². The molecule has 1 fully saturated rings. The Balaban J connectivity index is 1.85. The molecule has 0 spiro atoms. The predicted octanol–water partition coefficient (Wildman–Crippen LogP) is 2.87. The van der Waals surface area contributed by atoms with E-state index in [0.717, 1.165) is 29.7 Å². The molecule has 2 N–H and O–H groups in total. The third-order valence-corrected chi connectivity index (χ3v) is 3.87. The van der Waals surface area contributed by atoms with E-state index >= 15 is 0 Å². The van der Waals surface area contributed by atoms with E-state index in [1.165, 1.54) is 0 Å². The first-order valence-electron chi connectivity index (χ1n) is 6.91. The van der Waals surface area contributed by atoms with Crippen LogP contribution < -0.4 is 10.6 Å². The predicted molar refractivity (Wildman–Crippen MR) is 81.5 cm³/mol. The summed E-state index contributed by atoms with van der Waals surface area (Å²) in [7, 11) is 0. The number of carbonyl (C=O) groups is 1. The van der Waals surface area contributed by atoms with Crippen molar-refractivity contribution in [2.45, 2.75) is 25.3 Å². The molecule has 0 unspecified atom stereocenters. The second-order valence-corrected chi connectivity index (χ2v) is 5.84. The molecule has 1 aliphatic carbocycles. The number of nitrogens with zero attached hydrogens (tertiary/aromatic N) is 2. The molecule has 0 saturated heterocycles. The Morgan fingerprint density at radius 3 is 3.00 bits per heavy atom. The van der Waals surface area contributed by atoms with Gasteiger partial charge in [-0.25, -0.2) is 9.97 Å². The Labute approximate surface area is 126 Å². The lowest BCUT2D eigenvalue weighted by molar-refractivity contribution is -0.115. The summed E-state index contributed by atoms with van der Waals surface area (Å²) < 4.78 is 0. The number of rotatable bonds is 2. The van der Waals surface area contributed by atoms with Crippen LogP contribution in [0.4, 0.5) is 11.6 Å². The molecule has 1 amide bonds. The smallest absolute Gasteiger partial charge is 0.228 e. The molecule has 5 nitrogen and oxygen atoms in total. The molecule has 21 heavy (non-hydrogen) atoms. The van der Waals surface area contributed by atoms with Crippen LogP contribution in [0.2, 0.25) is 5.02 Å². The van der Waals surface area contributed by atoms with Gasteiger partial charge in [-0.3, -0.25) is 4.79 Å². The number of halogens is 1. The summed E-state index contributed by atoms with van der Waals surface area (Å²) in [6.45, 7) is 0. The van der Waals surface area contributed by atoms with E-state index in [2.05, 4.69) is 20.6 Å². The van der Waals surface area contributed by atoms with E-state index in [1.54, 1.807) is 18.3 Å². The van der Waals surface area contributed by atoms with Crippen molar-refractivity contribution >= 4 is 29.1 Å². The van der Waals surface area contributed by atoms with Crippen molar-refractivity contribution in [2.24, 2.45) is 0 Å². The second-order valence-electron chi connectivity index (χ2n) is 5.40. The minimum absolute atomic E-state index is 0.0798. The van der Waals surface area contributed by atoms with Crippen LogP contribution in [-0.4, -0.2) is 21.9 Å². The maximum atomic E-state index is 12.0. The van der Waals surface area contributed by atoms with Gasteiger partial charge in [-0.2, -0.15) is 0 Å². The summed E-state index contributed by atoms with van der Waals surface area (Å²) in [5.74, 6) is 0.537. The van der Waals surface area contributed by atoms with Crippen LogP contribution in [-0.2, 0) is 11.2 Å². The van der Waals surface area contributed by atoms with Gasteiger partial charge in [0.1, 0.15) is 0 Å². The Hall–Kier alpha value is -2.14. The summed E-state index contributed by atoms with van der Waals surface area (Å²) in [6, 6.07) is 5.92. The lowest BCUT2D eigenvalue weighted by Crippen LogP contribution is -2.13. The van der Waals surface area contributed by atoms with Crippen molar-refractivity contribution < 1.29 is 4.79 Å². The normalized spacial score (nSPS) is 16.5. The first-order chi connectivity index (χ1) is 10.2. The zero-order valence-electron chi connectivity index (χ0n) is 11.2. The molecular formula is C15H13ClN4O. The van der Waals surface area contributed by atoms with Crippen molar-refractivity contribution in [3.05, 3.63) is 35.0 Å². The highest BCUT2D eigenvalue weighted by atomic mass is 35.5. The van der Waals surface area contributed by atoms with Gasteiger partial charge in [-0.1, -0.05) is 11.6 Å². The fourth-order valence-electron chi connectivity index (χ4n) is 2.44. The van der Waals surface area contributed by atoms with Crippen molar-refractivity contribution in [1.29, 1.82) is 0 Å². The molecule has 0 atom stereocenters. The molecule has 1 saturated carbocycles. The van der Waals surface area contributed by atoms with E-state index in [0.29, 0.717) is 22.7 Å². The Morgan fingerprint density at radius 2 is 2.19 bits per heavy atom. The number of amides is 1. The van der Waals surface area contributed by atoms with Crippen LogP contribution >= 0.6 is 11.6 Å². The van der Waals surface area contributed by atoms with Crippen LogP contribution in [0.5, 0.6) is 0 Å². The van der Waals surface area contributed by atoms with Crippen LogP contribution in [0, 0.1) is 0 Å². The van der Waals surface area contributed by atoms with Gasteiger partial charge in [-0.05, 0) is 31.0 Å². The van der Waals surface area contributed by atoms with Crippen molar-refractivity contribution in [2.75, 3.05) is 10.6 Å². The first-order valence-corrected chi connectivity index (χ1v) is 7.29. The zero-order valence-corrected chi connectivity index (χ0v) is 11.9. The number of carbonyl (C=O) groups excluding carboxylic acids is 1.